The topological polar surface area (TPSA) is 175 Å². The summed E-state index contributed by atoms with van der Waals surface area (Å²) in [5.74, 6) is -1.21. The highest BCUT2D eigenvalue weighted by atomic mass is 16.3. The van der Waals surface area contributed by atoms with Crippen molar-refractivity contribution in [3.8, 4) is 0 Å². The van der Waals surface area contributed by atoms with Gasteiger partial charge >= 0.3 is 0 Å². The van der Waals surface area contributed by atoms with Gasteiger partial charge in [0.05, 0.1) is 48.8 Å². The van der Waals surface area contributed by atoms with Crippen LogP contribution in [0.2, 0.25) is 0 Å². The number of aliphatic hydroxyl groups is 4. The van der Waals surface area contributed by atoms with E-state index in [0.29, 0.717) is 17.8 Å². The largest absolute Gasteiger partial charge is 0.394 e. The van der Waals surface area contributed by atoms with E-state index in [4.69, 9.17) is 11.5 Å². The van der Waals surface area contributed by atoms with Crippen molar-refractivity contribution < 1.29 is 30.0 Å². The Kier molecular flexibility index (Phi) is 17.1. The average molecular weight is 695 g/mol. The third-order valence-electron chi connectivity index (χ3n) is 9.73. The van der Waals surface area contributed by atoms with Gasteiger partial charge in [-0.2, -0.15) is 0 Å². The molecule has 10 heteroatoms. The van der Waals surface area contributed by atoms with E-state index in [1.54, 1.807) is 12.1 Å². The van der Waals surface area contributed by atoms with Crippen LogP contribution in [0.15, 0.2) is 48.7 Å². The fraction of sp³-hybridized carbons (Fsp3) is 0.600. The Labute approximate surface area is 298 Å². The van der Waals surface area contributed by atoms with Gasteiger partial charge in [0, 0.05) is 24.8 Å². The van der Waals surface area contributed by atoms with Gasteiger partial charge in [-0.15, -0.1) is 0 Å². The number of aryl methyl sites for hydroxylation is 2. The van der Waals surface area contributed by atoms with Crippen molar-refractivity contribution in [2.75, 3.05) is 37.9 Å². The molecule has 1 amide bonds. The van der Waals surface area contributed by atoms with Crippen LogP contribution in [-0.4, -0.2) is 80.7 Å². The van der Waals surface area contributed by atoms with Crippen molar-refractivity contribution in [3.63, 3.8) is 0 Å². The number of hydrogen-bond acceptors (Lipinski definition) is 8. The molecule has 0 spiro atoms. The number of fused-ring (bicyclic) bond motifs is 2. The number of ketones is 1. The first-order chi connectivity index (χ1) is 24.1. The maximum Gasteiger partial charge on any atom is 0.299 e. The van der Waals surface area contributed by atoms with Gasteiger partial charge in [0.15, 0.2) is 0 Å². The predicted molar refractivity (Wildman–Crippen MR) is 201 cm³/mol. The summed E-state index contributed by atoms with van der Waals surface area (Å²) >= 11 is 0. The highest BCUT2D eigenvalue weighted by Gasteiger charge is 2.40. The Morgan fingerprint density at radius 1 is 0.620 bits per heavy atom. The van der Waals surface area contributed by atoms with Gasteiger partial charge < -0.3 is 41.4 Å². The molecule has 8 N–H and O–H groups in total. The van der Waals surface area contributed by atoms with E-state index in [9.17, 15) is 30.0 Å². The predicted octanol–water partition coefficient (Wildman–Crippen LogP) is 5.03. The van der Waals surface area contributed by atoms with Crippen molar-refractivity contribution in [3.05, 3.63) is 65.4 Å². The van der Waals surface area contributed by atoms with Crippen molar-refractivity contribution in [1.82, 2.24) is 4.57 Å². The molecule has 0 saturated heterocycles. The van der Waals surface area contributed by atoms with E-state index >= 15 is 0 Å². The number of aliphatic hydroxyl groups excluding tert-OH is 4. The van der Waals surface area contributed by atoms with Crippen LogP contribution in [0.5, 0.6) is 0 Å². The monoisotopic (exact) mass is 694 g/mol. The number of nitrogens with two attached hydrogens (primary N) is 2. The molecule has 1 aliphatic rings. The lowest BCUT2D eigenvalue weighted by Gasteiger charge is -2.30. The first-order valence-electron chi connectivity index (χ1n) is 18.7. The molecular formula is C40H62N4O6. The average Bonchev–Trinajstić information content (AvgIpc) is 3.63. The van der Waals surface area contributed by atoms with Crippen LogP contribution < -0.4 is 16.4 Å². The number of aromatic nitrogens is 1. The number of hydrogen-bond donors (Lipinski definition) is 6. The van der Waals surface area contributed by atoms with E-state index in [0.717, 1.165) is 30.3 Å². The summed E-state index contributed by atoms with van der Waals surface area (Å²) in [7, 11) is 0. The first kappa shape index (κ1) is 41.3. The normalized spacial score (nSPS) is 13.2. The number of amides is 1. The molecule has 3 aromatic rings. The summed E-state index contributed by atoms with van der Waals surface area (Å²) in [5, 5.41) is 38.7. The summed E-state index contributed by atoms with van der Waals surface area (Å²) in [6.45, 7) is 3.31. The smallest absolute Gasteiger partial charge is 0.299 e. The number of unbranched alkanes of at least 4 members (excludes halogenated alkanes) is 10. The highest BCUT2D eigenvalue weighted by molar-refractivity contribution is 6.52. The zero-order valence-electron chi connectivity index (χ0n) is 30.4. The van der Waals surface area contributed by atoms with Crippen LogP contribution in [-0.2, 0) is 24.2 Å². The number of nitrogens with zero attached hydrogens (tertiary/aromatic N) is 2. The molecule has 0 radical (unpaired) electrons. The van der Waals surface area contributed by atoms with Crippen molar-refractivity contribution in [2.45, 2.75) is 121 Å². The van der Waals surface area contributed by atoms with Crippen LogP contribution in [0.25, 0.3) is 10.9 Å². The molecule has 278 valence electrons. The van der Waals surface area contributed by atoms with Crippen LogP contribution in [0.3, 0.4) is 0 Å². The second kappa shape index (κ2) is 20.7. The Morgan fingerprint density at radius 2 is 1.12 bits per heavy atom. The van der Waals surface area contributed by atoms with Gasteiger partial charge in [-0.25, -0.2) is 0 Å². The van der Waals surface area contributed by atoms with Crippen molar-refractivity contribution in [1.29, 1.82) is 0 Å². The standard InChI is InChI=1S/C20H30N2O4.C20H32N2O2/c1-2-3-4-5-6-7-8-15-9-10-17-16(11-15)18(25)19(26)22(17)12-20(21,13-23)14-24;1-2-3-4-5-6-7-8-17-9-10-19-18(13-17)11-12-22(19)14-20(21,15-23)16-24/h9-11,23-24H,2-8,12-14,21H2,1H3;9-13,23-24H,2-8,14-16,21H2,1H3. The zero-order chi connectivity index (χ0) is 36.6. The van der Waals surface area contributed by atoms with Crippen LogP contribution in [0, 0.1) is 0 Å². The molecule has 4 rings (SSSR count). The summed E-state index contributed by atoms with van der Waals surface area (Å²) in [6.07, 6.45) is 19.1. The number of Topliss-reactive ketones (excluding diaryl/α,β-unsaturated/α-hetero) is 1. The van der Waals surface area contributed by atoms with Crippen LogP contribution in [0.4, 0.5) is 5.69 Å². The molecule has 1 aromatic heterocycles. The SMILES string of the molecule is CCCCCCCCc1ccc2c(c1)C(=O)C(=O)N2CC(N)(CO)CO.CCCCCCCCc1ccc2c(ccn2CC(N)(CO)CO)c1. The lowest BCUT2D eigenvalue weighted by atomic mass is 10.0. The molecule has 0 bridgehead atoms. The number of carbonyl (C=O) groups excluding carboxylic acids is 2. The second-order valence-electron chi connectivity index (χ2n) is 14.3. The molecule has 50 heavy (non-hydrogen) atoms. The number of benzene rings is 2. The zero-order valence-corrected chi connectivity index (χ0v) is 30.4. The first-order valence-corrected chi connectivity index (χ1v) is 18.7. The van der Waals surface area contributed by atoms with E-state index in [-0.39, 0.29) is 19.8 Å². The van der Waals surface area contributed by atoms with Crippen LogP contribution in [0.1, 0.15) is 112 Å². The Morgan fingerprint density at radius 3 is 1.68 bits per heavy atom. The lowest BCUT2D eigenvalue weighted by Crippen LogP contribution is -2.56. The molecule has 0 saturated carbocycles. The highest BCUT2D eigenvalue weighted by Crippen LogP contribution is 2.31. The van der Waals surface area contributed by atoms with Crippen molar-refractivity contribution >= 4 is 28.3 Å². The number of rotatable bonds is 22. The minimum atomic E-state index is -1.34. The molecule has 0 unspecified atom stereocenters. The molecular weight excluding hydrogens is 632 g/mol. The van der Waals surface area contributed by atoms with Gasteiger partial charge in [-0.3, -0.25) is 9.59 Å². The molecule has 0 fully saturated rings. The fourth-order valence-electron chi connectivity index (χ4n) is 6.38. The third-order valence-corrected chi connectivity index (χ3v) is 9.73. The summed E-state index contributed by atoms with van der Waals surface area (Å²) in [5.41, 5.74) is 14.0. The molecule has 0 atom stereocenters. The minimum Gasteiger partial charge on any atom is -0.394 e. The minimum absolute atomic E-state index is 0.103. The van der Waals surface area contributed by atoms with Crippen LogP contribution >= 0.6 is 0 Å². The second-order valence-corrected chi connectivity index (χ2v) is 14.3. The van der Waals surface area contributed by atoms with Gasteiger partial charge in [0.25, 0.3) is 11.7 Å². The van der Waals surface area contributed by atoms with E-state index < -0.39 is 36.0 Å². The van der Waals surface area contributed by atoms with Gasteiger partial charge in [-0.05, 0) is 72.5 Å². The van der Waals surface area contributed by atoms with E-state index in [1.165, 1.54) is 86.5 Å². The van der Waals surface area contributed by atoms with Gasteiger partial charge in [0.2, 0.25) is 0 Å². The summed E-state index contributed by atoms with van der Waals surface area (Å²) < 4.78 is 2.01. The maximum atomic E-state index is 12.3. The molecule has 0 aliphatic carbocycles. The molecule has 1 aliphatic heterocycles. The van der Waals surface area contributed by atoms with E-state index in [2.05, 4.69) is 38.1 Å². The molecule has 2 heterocycles. The number of carbonyl (C=O) groups is 2. The Bertz CT molecular complexity index is 1480. The van der Waals surface area contributed by atoms with E-state index in [1.807, 2.05) is 16.8 Å². The summed E-state index contributed by atoms with van der Waals surface area (Å²) in [6, 6.07) is 14.1. The molecule has 10 nitrogen and oxygen atoms in total. The Hall–Kier alpha value is -3.12. The fourth-order valence-corrected chi connectivity index (χ4v) is 6.38. The van der Waals surface area contributed by atoms with Gasteiger partial charge in [0.1, 0.15) is 0 Å². The third kappa shape index (κ3) is 11.7. The lowest BCUT2D eigenvalue weighted by molar-refractivity contribution is -0.114. The van der Waals surface area contributed by atoms with Crippen molar-refractivity contribution in [2.24, 2.45) is 11.5 Å². The number of anilines is 1. The van der Waals surface area contributed by atoms with Gasteiger partial charge in [-0.1, -0.05) is 90.2 Å². The molecule has 2 aromatic carbocycles. The maximum absolute atomic E-state index is 12.3. The quantitative estimate of drug-likeness (QED) is 0.0627. The summed E-state index contributed by atoms with van der Waals surface area (Å²) in [4.78, 5) is 25.9. The Balaban J connectivity index is 0.000000271.